The Labute approximate surface area is 109 Å². The number of imide groups is 1. The number of amides is 2. The molecule has 0 saturated carbocycles. The molecule has 0 bridgehead atoms. The molecule has 1 aromatic carbocycles. The molecule has 100 valence electrons. The molecule has 6 heteroatoms. The van der Waals surface area contributed by atoms with Gasteiger partial charge in [0.1, 0.15) is 6.61 Å². The molecule has 2 amide bonds. The molecular formula is C13H13NO5. The van der Waals surface area contributed by atoms with E-state index in [0.29, 0.717) is 5.06 Å². The van der Waals surface area contributed by atoms with Crippen LogP contribution in [0.15, 0.2) is 24.3 Å². The normalized spacial score (nSPS) is 14.7. The van der Waals surface area contributed by atoms with Crippen molar-refractivity contribution >= 4 is 18.0 Å². The number of carbonyl (C=O) groups is 3. The van der Waals surface area contributed by atoms with Crippen LogP contribution in [0.4, 0.5) is 4.79 Å². The van der Waals surface area contributed by atoms with Crippen LogP contribution in [0.3, 0.4) is 0 Å². The van der Waals surface area contributed by atoms with Gasteiger partial charge in [0.05, 0.1) is 0 Å². The van der Waals surface area contributed by atoms with E-state index in [2.05, 4.69) is 4.84 Å². The SMILES string of the molecule is Cc1ccccc1COC(=O)ON1C(=O)CCC1=O. The van der Waals surface area contributed by atoms with Gasteiger partial charge in [-0.3, -0.25) is 14.4 Å². The molecule has 0 aromatic heterocycles. The minimum atomic E-state index is -1.06. The molecule has 0 N–H and O–H groups in total. The topological polar surface area (TPSA) is 72.9 Å². The quantitative estimate of drug-likeness (QED) is 0.613. The third-order valence-electron chi connectivity index (χ3n) is 2.78. The van der Waals surface area contributed by atoms with E-state index in [1.54, 1.807) is 0 Å². The van der Waals surface area contributed by atoms with E-state index in [9.17, 15) is 14.4 Å². The number of hydrogen-bond acceptors (Lipinski definition) is 5. The molecular weight excluding hydrogens is 250 g/mol. The highest BCUT2D eigenvalue weighted by molar-refractivity contribution is 6.01. The lowest BCUT2D eigenvalue weighted by molar-refractivity contribution is -0.177. The molecule has 0 atom stereocenters. The predicted octanol–water partition coefficient (Wildman–Crippen LogP) is 1.71. The average molecular weight is 263 g/mol. The fourth-order valence-corrected chi connectivity index (χ4v) is 1.67. The van der Waals surface area contributed by atoms with E-state index in [0.717, 1.165) is 11.1 Å². The molecule has 19 heavy (non-hydrogen) atoms. The van der Waals surface area contributed by atoms with Crippen molar-refractivity contribution in [3.8, 4) is 0 Å². The maximum Gasteiger partial charge on any atom is 0.534 e. The maximum atomic E-state index is 11.4. The second-order valence-corrected chi connectivity index (χ2v) is 4.14. The summed E-state index contributed by atoms with van der Waals surface area (Å²) in [6.45, 7) is 1.92. The molecule has 6 nitrogen and oxygen atoms in total. The zero-order valence-electron chi connectivity index (χ0n) is 10.4. The summed E-state index contributed by atoms with van der Waals surface area (Å²) in [4.78, 5) is 38.4. The monoisotopic (exact) mass is 263 g/mol. The summed E-state index contributed by atoms with van der Waals surface area (Å²) in [6, 6.07) is 7.40. The average Bonchev–Trinajstić information content (AvgIpc) is 2.70. The van der Waals surface area contributed by atoms with Crippen molar-refractivity contribution in [3.63, 3.8) is 0 Å². The van der Waals surface area contributed by atoms with E-state index in [1.807, 2.05) is 31.2 Å². The zero-order valence-corrected chi connectivity index (χ0v) is 10.4. The van der Waals surface area contributed by atoms with Crippen molar-refractivity contribution in [2.75, 3.05) is 0 Å². The minimum Gasteiger partial charge on any atom is -0.428 e. The molecule has 1 fully saturated rings. The van der Waals surface area contributed by atoms with E-state index >= 15 is 0 Å². The number of hydrogen-bond donors (Lipinski definition) is 0. The summed E-state index contributed by atoms with van der Waals surface area (Å²) >= 11 is 0. The zero-order chi connectivity index (χ0) is 13.8. The van der Waals surface area contributed by atoms with Gasteiger partial charge in [-0.05, 0) is 18.1 Å². The highest BCUT2D eigenvalue weighted by Crippen LogP contribution is 2.13. The number of aryl methyl sites for hydroxylation is 1. The highest BCUT2D eigenvalue weighted by atomic mass is 16.8. The van der Waals surface area contributed by atoms with Gasteiger partial charge in [-0.15, -0.1) is 0 Å². The van der Waals surface area contributed by atoms with Gasteiger partial charge in [0.15, 0.2) is 0 Å². The van der Waals surface area contributed by atoms with Crippen molar-refractivity contribution in [1.29, 1.82) is 0 Å². The smallest absolute Gasteiger partial charge is 0.428 e. The van der Waals surface area contributed by atoms with Gasteiger partial charge in [-0.2, -0.15) is 0 Å². The summed E-state index contributed by atoms with van der Waals surface area (Å²) in [6.07, 6.45) is -0.944. The third kappa shape index (κ3) is 3.09. The summed E-state index contributed by atoms with van der Waals surface area (Å²) in [5.41, 5.74) is 1.81. The second-order valence-electron chi connectivity index (χ2n) is 4.14. The van der Waals surface area contributed by atoms with Crippen molar-refractivity contribution in [2.24, 2.45) is 0 Å². The molecule has 1 heterocycles. The third-order valence-corrected chi connectivity index (χ3v) is 2.78. The van der Waals surface area contributed by atoms with E-state index in [-0.39, 0.29) is 19.4 Å². The minimum absolute atomic E-state index is 0.0295. The van der Waals surface area contributed by atoms with Crippen LogP contribution in [0.5, 0.6) is 0 Å². The predicted molar refractivity (Wildman–Crippen MR) is 63.5 cm³/mol. The summed E-state index contributed by atoms with van der Waals surface area (Å²) in [5, 5.41) is 0.459. The first-order chi connectivity index (χ1) is 9.08. The number of nitrogens with zero attached hydrogens (tertiary/aromatic N) is 1. The molecule has 0 radical (unpaired) electrons. The van der Waals surface area contributed by atoms with Gasteiger partial charge in [-0.1, -0.05) is 29.3 Å². The lowest BCUT2D eigenvalue weighted by atomic mass is 10.1. The van der Waals surface area contributed by atoms with Gasteiger partial charge in [0, 0.05) is 12.8 Å². The van der Waals surface area contributed by atoms with Gasteiger partial charge < -0.3 is 4.74 Å². The summed E-state index contributed by atoms with van der Waals surface area (Å²) < 4.78 is 4.86. The van der Waals surface area contributed by atoms with Crippen molar-refractivity contribution < 1.29 is 24.0 Å². The Kier molecular flexibility index (Phi) is 3.79. The van der Waals surface area contributed by atoms with E-state index in [1.165, 1.54) is 0 Å². The van der Waals surface area contributed by atoms with Gasteiger partial charge >= 0.3 is 6.16 Å². The highest BCUT2D eigenvalue weighted by Gasteiger charge is 2.33. The fraction of sp³-hybridized carbons (Fsp3) is 0.308. The van der Waals surface area contributed by atoms with Crippen LogP contribution < -0.4 is 0 Å². The second kappa shape index (κ2) is 5.51. The first-order valence-corrected chi connectivity index (χ1v) is 5.83. The Morgan fingerprint density at radius 3 is 2.47 bits per heavy atom. The van der Waals surface area contributed by atoms with E-state index < -0.39 is 18.0 Å². The number of carbonyl (C=O) groups excluding carboxylic acids is 3. The van der Waals surface area contributed by atoms with E-state index in [4.69, 9.17) is 4.74 Å². The van der Waals surface area contributed by atoms with Gasteiger partial charge in [0.2, 0.25) is 0 Å². The van der Waals surface area contributed by atoms with Crippen LogP contribution in [0.25, 0.3) is 0 Å². The Morgan fingerprint density at radius 2 is 1.84 bits per heavy atom. The van der Waals surface area contributed by atoms with Crippen molar-refractivity contribution in [2.45, 2.75) is 26.4 Å². The number of benzene rings is 1. The lowest BCUT2D eigenvalue weighted by Crippen LogP contribution is -2.32. The molecule has 1 aromatic rings. The number of hydroxylamine groups is 2. The molecule has 0 unspecified atom stereocenters. The molecule has 0 aliphatic carbocycles. The van der Waals surface area contributed by atoms with Crippen molar-refractivity contribution in [1.82, 2.24) is 5.06 Å². The molecule has 2 rings (SSSR count). The van der Waals surface area contributed by atoms with Crippen LogP contribution in [0, 0.1) is 6.92 Å². The maximum absolute atomic E-state index is 11.4. The Bertz CT molecular complexity index is 510. The number of ether oxygens (including phenoxy) is 1. The Hall–Kier alpha value is -2.37. The largest absolute Gasteiger partial charge is 0.534 e. The molecule has 0 spiro atoms. The van der Waals surface area contributed by atoms with Gasteiger partial charge in [-0.25, -0.2) is 4.79 Å². The van der Waals surface area contributed by atoms with Crippen LogP contribution in [0.2, 0.25) is 0 Å². The number of rotatable bonds is 3. The Balaban J connectivity index is 1.87. The van der Waals surface area contributed by atoms with Gasteiger partial charge in [0.25, 0.3) is 11.8 Å². The molecule has 1 saturated heterocycles. The van der Waals surface area contributed by atoms with Crippen LogP contribution in [-0.4, -0.2) is 23.0 Å². The fourth-order valence-electron chi connectivity index (χ4n) is 1.67. The summed E-state index contributed by atoms with van der Waals surface area (Å²) in [5.74, 6) is -1.06. The van der Waals surface area contributed by atoms with Crippen LogP contribution >= 0.6 is 0 Å². The summed E-state index contributed by atoms with van der Waals surface area (Å²) in [7, 11) is 0. The molecule has 1 aliphatic rings. The lowest BCUT2D eigenvalue weighted by Gasteiger charge is -2.12. The standard InChI is InChI=1S/C13H13NO5/c1-9-4-2-3-5-10(9)8-18-13(17)19-14-11(15)6-7-12(14)16/h2-5H,6-8H2,1H3. The van der Waals surface area contributed by atoms with Crippen LogP contribution in [0.1, 0.15) is 24.0 Å². The van der Waals surface area contributed by atoms with Crippen LogP contribution in [-0.2, 0) is 25.8 Å². The Morgan fingerprint density at radius 1 is 1.21 bits per heavy atom. The molecule has 1 aliphatic heterocycles. The van der Waals surface area contributed by atoms with Crippen molar-refractivity contribution in [3.05, 3.63) is 35.4 Å². The first-order valence-electron chi connectivity index (χ1n) is 5.83. The first kappa shape index (κ1) is 13.1.